The number of rotatable bonds is 11. The smallest absolute Gasteiger partial charge is 0.242 e. The van der Waals surface area contributed by atoms with Gasteiger partial charge in [-0.3, -0.25) is 14.4 Å². The predicted octanol–water partition coefficient (Wildman–Crippen LogP) is -0.191. The van der Waals surface area contributed by atoms with Crippen molar-refractivity contribution in [3.63, 3.8) is 0 Å². The number of aldehydes is 1. The van der Waals surface area contributed by atoms with Crippen LogP contribution in [0.1, 0.15) is 18.1 Å². The summed E-state index contributed by atoms with van der Waals surface area (Å²) in [5.41, 5.74) is 7.55. The summed E-state index contributed by atoms with van der Waals surface area (Å²) in [5.74, 6) is -1.49. The molecule has 0 bridgehead atoms. The minimum atomic E-state index is -0.910. The molecule has 2 rings (SSSR count). The number of hydrogen-bond donors (Lipinski definition) is 5. The highest BCUT2D eigenvalue weighted by Crippen LogP contribution is 2.11. The molecule has 0 saturated carbocycles. The van der Waals surface area contributed by atoms with Crippen molar-refractivity contribution in [1.29, 1.82) is 0 Å². The third-order valence-electron chi connectivity index (χ3n) is 4.71. The van der Waals surface area contributed by atoms with E-state index in [4.69, 9.17) is 5.73 Å². The fourth-order valence-electron chi connectivity index (χ4n) is 2.94. The van der Waals surface area contributed by atoms with Crippen LogP contribution in [0, 0.1) is 0 Å². The van der Waals surface area contributed by atoms with E-state index in [2.05, 4.69) is 16.0 Å². The van der Waals surface area contributed by atoms with Gasteiger partial charge in [0.1, 0.15) is 18.1 Å². The third-order valence-corrected chi connectivity index (χ3v) is 4.71. The largest absolute Gasteiger partial charge is 0.508 e. The van der Waals surface area contributed by atoms with Gasteiger partial charge >= 0.3 is 0 Å². The Morgan fingerprint density at radius 2 is 1.56 bits per heavy atom. The van der Waals surface area contributed by atoms with Gasteiger partial charge in [0, 0.05) is 0 Å². The summed E-state index contributed by atoms with van der Waals surface area (Å²) < 4.78 is 0. The Labute approximate surface area is 186 Å². The van der Waals surface area contributed by atoms with E-state index in [1.165, 1.54) is 19.1 Å². The Morgan fingerprint density at radius 3 is 2.19 bits per heavy atom. The average molecular weight is 441 g/mol. The standard InChI is InChI=1S/C23H28N4O5/c1-15(26-23(32)20(24)12-17-7-9-19(29)10-8-17)22(31)25-13-21(30)27-18(14-28)11-16-5-3-2-4-6-16/h2-10,14-15,18,20,29H,11-13,24H2,1H3,(H,25,31)(H,26,32)(H,27,30)/t15-,18+,20+/m1/s1. The average Bonchev–Trinajstić information content (AvgIpc) is 2.79. The van der Waals surface area contributed by atoms with Crippen LogP contribution in [0.15, 0.2) is 54.6 Å². The van der Waals surface area contributed by atoms with E-state index in [1.807, 2.05) is 30.3 Å². The van der Waals surface area contributed by atoms with Gasteiger partial charge in [-0.2, -0.15) is 0 Å². The maximum atomic E-state index is 12.2. The number of phenolic OH excluding ortho intramolecular Hbond substituents is 1. The molecule has 9 nitrogen and oxygen atoms in total. The molecule has 0 aliphatic heterocycles. The highest BCUT2D eigenvalue weighted by atomic mass is 16.3. The Kier molecular flexibility index (Phi) is 9.37. The molecular formula is C23H28N4O5. The Hall–Kier alpha value is -3.72. The van der Waals surface area contributed by atoms with Crippen LogP contribution in [-0.2, 0) is 32.0 Å². The number of hydrogen-bond acceptors (Lipinski definition) is 6. The van der Waals surface area contributed by atoms with Gasteiger partial charge in [0.05, 0.1) is 18.6 Å². The van der Waals surface area contributed by atoms with E-state index in [0.29, 0.717) is 12.7 Å². The molecular weight excluding hydrogens is 412 g/mol. The fraction of sp³-hybridized carbons (Fsp3) is 0.304. The second kappa shape index (κ2) is 12.2. The summed E-state index contributed by atoms with van der Waals surface area (Å²) in [4.78, 5) is 47.8. The maximum Gasteiger partial charge on any atom is 0.242 e. The van der Waals surface area contributed by atoms with Crippen LogP contribution < -0.4 is 21.7 Å². The molecule has 6 N–H and O–H groups in total. The van der Waals surface area contributed by atoms with Crippen molar-refractivity contribution in [3.8, 4) is 5.75 Å². The van der Waals surface area contributed by atoms with Gasteiger partial charge in [-0.15, -0.1) is 0 Å². The number of nitrogens with two attached hydrogens (primary N) is 1. The van der Waals surface area contributed by atoms with Gasteiger partial charge in [-0.25, -0.2) is 0 Å². The zero-order valence-electron chi connectivity index (χ0n) is 17.8. The number of benzene rings is 2. The lowest BCUT2D eigenvalue weighted by molar-refractivity contribution is -0.130. The van der Waals surface area contributed by atoms with E-state index in [-0.39, 0.29) is 18.7 Å². The minimum absolute atomic E-state index is 0.112. The second-order valence-corrected chi connectivity index (χ2v) is 7.42. The van der Waals surface area contributed by atoms with Crippen LogP contribution in [0.5, 0.6) is 5.75 Å². The van der Waals surface area contributed by atoms with Crippen LogP contribution in [-0.4, -0.2) is 53.8 Å². The molecule has 0 saturated heterocycles. The molecule has 0 aliphatic rings. The fourth-order valence-corrected chi connectivity index (χ4v) is 2.94. The minimum Gasteiger partial charge on any atom is -0.508 e. The number of amides is 3. The number of carbonyl (C=O) groups excluding carboxylic acids is 4. The lowest BCUT2D eigenvalue weighted by Gasteiger charge is -2.18. The Bertz CT molecular complexity index is 918. The van der Waals surface area contributed by atoms with Gasteiger partial charge in [-0.1, -0.05) is 42.5 Å². The zero-order chi connectivity index (χ0) is 23.5. The quantitative estimate of drug-likeness (QED) is 0.306. The van der Waals surface area contributed by atoms with Crippen LogP contribution in [0.2, 0.25) is 0 Å². The predicted molar refractivity (Wildman–Crippen MR) is 119 cm³/mol. The summed E-state index contributed by atoms with van der Waals surface area (Å²) in [5, 5.41) is 16.8. The summed E-state index contributed by atoms with van der Waals surface area (Å²) in [6, 6.07) is 13.0. The molecule has 0 aromatic heterocycles. The van der Waals surface area contributed by atoms with Gasteiger partial charge in [-0.05, 0) is 43.0 Å². The van der Waals surface area contributed by atoms with Crippen LogP contribution in [0.25, 0.3) is 0 Å². The SMILES string of the molecule is C[C@@H](NC(=O)[C@@H](N)Cc1ccc(O)cc1)C(=O)NCC(=O)N[C@H](C=O)Cc1ccccc1. The molecule has 0 aliphatic carbocycles. The molecule has 0 heterocycles. The van der Waals surface area contributed by atoms with E-state index in [1.54, 1.807) is 12.1 Å². The first-order valence-corrected chi connectivity index (χ1v) is 10.2. The molecule has 32 heavy (non-hydrogen) atoms. The van der Waals surface area contributed by atoms with Crippen molar-refractivity contribution < 1.29 is 24.3 Å². The molecule has 2 aromatic carbocycles. The molecule has 0 fully saturated rings. The molecule has 3 atom stereocenters. The normalized spacial score (nSPS) is 13.3. The Balaban J connectivity index is 1.74. The molecule has 9 heteroatoms. The zero-order valence-corrected chi connectivity index (χ0v) is 17.8. The van der Waals surface area contributed by atoms with Crippen LogP contribution in [0.3, 0.4) is 0 Å². The first kappa shape index (κ1) is 24.5. The molecule has 2 aromatic rings. The van der Waals surface area contributed by atoms with Crippen molar-refractivity contribution in [2.24, 2.45) is 5.73 Å². The van der Waals surface area contributed by atoms with Gasteiger partial charge in [0.2, 0.25) is 17.7 Å². The van der Waals surface area contributed by atoms with Crippen molar-refractivity contribution in [2.45, 2.75) is 37.9 Å². The number of nitrogens with one attached hydrogen (secondary N) is 3. The van der Waals surface area contributed by atoms with Gasteiger partial charge in [0.15, 0.2) is 0 Å². The number of carbonyl (C=O) groups is 4. The molecule has 3 amide bonds. The van der Waals surface area contributed by atoms with Crippen molar-refractivity contribution in [3.05, 3.63) is 65.7 Å². The van der Waals surface area contributed by atoms with Crippen molar-refractivity contribution in [2.75, 3.05) is 6.54 Å². The van der Waals surface area contributed by atoms with E-state index in [9.17, 15) is 24.3 Å². The second-order valence-electron chi connectivity index (χ2n) is 7.42. The molecule has 170 valence electrons. The lowest BCUT2D eigenvalue weighted by atomic mass is 10.1. The topological polar surface area (TPSA) is 151 Å². The van der Waals surface area contributed by atoms with E-state index >= 15 is 0 Å². The summed E-state index contributed by atoms with van der Waals surface area (Å²) >= 11 is 0. The van der Waals surface area contributed by atoms with Crippen molar-refractivity contribution in [1.82, 2.24) is 16.0 Å². The highest BCUT2D eigenvalue weighted by Gasteiger charge is 2.21. The monoisotopic (exact) mass is 440 g/mol. The number of phenols is 1. The van der Waals surface area contributed by atoms with Crippen molar-refractivity contribution >= 4 is 24.0 Å². The van der Waals surface area contributed by atoms with Crippen LogP contribution in [0.4, 0.5) is 0 Å². The first-order chi connectivity index (χ1) is 15.3. The molecule has 0 unspecified atom stereocenters. The third kappa shape index (κ3) is 8.19. The van der Waals surface area contributed by atoms with Gasteiger partial charge in [0.25, 0.3) is 0 Å². The summed E-state index contributed by atoms with van der Waals surface area (Å²) in [6.07, 6.45) is 1.22. The Morgan fingerprint density at radius 1 is 0.938 bits per heavy atom. The highest BCUT2D eigenvalue weighted by molar-refractivity contribution is 5.92. The lowest BCUT2D eigenvalue weighted by Crippen LogP contribution is -2.52. The summed E-state index contributed by atoms with van der Waals surface area (Å²) in [6.45, 7) is 1.14. The van der Waals surface area contributed by atoms with Gasteiger partial charge < -0.3 is 31.6 Å². The number of aromatic hydroxyl groups is 1. The maximum absolute atomic E-state index is 12.2. The summed E-state index contributed by atoms with van der Waals surface area (Å²) in [7, 11) is 0. The van der Waals surface area contributed by atoms with E-state index < -0.39 is 35.8 Å². The first-order valence-electron chi connectivity index (χ1n) is 10.2. The molecule has 0 spiro atoms. The van der Waals surface area contributed by atoms with Crippen LogP contribution >= 0.6 is 0 Å². The molecule has 0 radical (unpaired) electrons. The van der Waals surface area contributed by atoms with E-state index in [0.717, 1.165) is 11.1 Å².